The molecule has 1 atom stereocenters. The monoisotopic (exact) mass is 285 g/mol. The van der Waals surface area contributed by atoms with Crippen molar-refractivity contribution in [2.75, 3.05) is 6.66 Å². The molecule has 0 spiro atoms. The van der Waals surface area contributed by atoms with Gasteiger partial charge in [0, 0.05) is 6.42 Å². The van der Waals surface area contributed by atoms with Gasteiger partial charge in [0.1, 0.15) is 0 Å². The molecular weight excluding hydrogens is 268 g/mol. The fourth-order valence-corrected chi connectivity index (χ4v) is 0.431. The van der Waals surface area contributed by atoms with Gasteiger partial charge in [0.15, 0.2) is 0 Å². The predicted molar refractivity (Wildman–Crippen MR) is 62.6 cm³/mol. The Kier molecular flexibility index (Phi) is 11.3. The molecule has 3 heteroatoms. The third-order valence-corrected chi connectivity index (χ3v) is 0.987. The minimum absolute atomic E-state index is 0.329. The first-order valence-corrected chi connectivity index (χ1v) is 8.23. The Labute approximate surface area is 85.2 Å². The van der Waals surface area contributed by atoms with E-state index in [9.17, 15) is 0 Å². The molecule has 0 aliphatic heterocycles. The Morgan fingerprint density at radius 1 is 1.45 bits per heavy atom. The summed E-state index contributed by atoms with van der Waals surface area (Å²) in [6, 6.07) is 2.12. The first-order valence-electron chi connectivity index (χ1n) is 3.62. The Hall–Kier alpha value is 0.650. The molecule has 0 fully saturated rings. The first-order chi connectivity index (χ1) is 4.97. The van der Waals surface area contributed by atoms with Gasteiger partial charge in [-0.3, -0.25) is 0 Å². The number of rotatable bonds is 1. The molecule has 11 heavy (non-hydrogen) atoms. The zero-order valence-electron chi connectivity index (χ0n) is 7.74. The van der Waals surface area contributed by atoms with E-state index in [1.54, 1.807) is 0 Å². The average molecular weight is 285 g/mol. The van der Waals surface area contributed by atoms with Crippen LogP contribution in [0.3, 0.4) is 0 Å². The molecular formula is C8H17INP. The molecule has 0 aliphatic rings. The predicted octanol–water partition coefficient (Wildman–Crippen LogP) is 3.98. The van der Waals surface area contributed by atoms with E-state index in [1.807, 2.05) is 0 Å². The molecule has 0 rings (SSSR count). The zero-order chi connectivity index (χ0) is 9.33. The van der Waals surface area contributed by atoms with Gasteiger partial charge < -0.3 is 0 Å². The smallest absolute Gasteiger partial charge is 0.0621 e. The normalized spacial score (nSPS) is 10.5. The van der Waals surface area contributed by atoms with Crippen molar-refractivity contribution >= 4 is 28.3 Å². The molecule has 0 saturated heterocycles. The summed E-state index contributed by atoms with van der Waals surface area (Å²) in [6.45, 7) is 8.57. The number of hydrogen-bond donors (Lipinski definition) is 0. The molecule has 0 amide bonds. The molecule has 0 aromatic heterocycles. The minimum atomic E-state index is 0.329. The van der Waals surface area contributed by atoms with E-state index < -0.39 is 0 Å². The van der Waals surface area contributed by atoms with Gasteiger partial charge in [0.05, 0.1) is 6.07 Å². The topological polar surface area (TPSA) is 23.8 Å². The molecule has 0 bridgehead atoms. The van der Waals surface area contributed by atoms with Crippen LogP contribution in [0.2, 0.25) is 0 Å². The Balaban J connectivity index is 0. The highest BCUT2D eigenvalue weighted by Gasteiger charge is 2.07. The fourth-order valence-electron chi connectivity index (χ4n) is 0.431. The lowest BCUT2D eigenvalue weighted by Crippen LogP contribution is -2.02. The van der Waals surface area contributed by atoms with Gasteiger partial charge in [0.2, 0.25) is 0 Å². The lowest BCUT2D eigenvalue weighted by molar-refractivity contribution is 0.383. The molecule has 0 aliphatic carbocycles. The fraction of sp³-hybridized carbons (Fsp3) is 0.875. The van der Waals surface area contributed by atoms with Crippen LogP contribution in [0.1, 0.15) is 33.6 Å². The van der Waals surface area contributed by atoms with Crippen molar-refractivity contribution in [1.82, 2.24) is 0 Å². The number of halogens is 1. The largest absolute Gasteiger partial charge is 0.198 e. The Morgan fingerprint density at radius 3 is 1.91 bits per heavy atom. The Bertz CT molecular complexity index is 112. The summed E-state index contributed by atoms with van der Waals surface area (Å²) < 4.78 is 0. The van der Waals surface area contributed by atoms with E-state index in [0.29, 0.717) is 11.8 Å². The summed E-state index contributed by atoms with van der Waals surface area (Å²) in [5.74, 6) is 0. The summed E-state index contributed by atoms with van der Waals surface area (Å²) in [5.41, 5.74) is 0.329. The van der Waals surface area contributed by atoms with Gasteiger partial charge in [-0.2, -0.15) is 5.26 Å². The van der Waals surface area contributed by atoms with Gasteiger partial charge in [-0.1, -0.05) is 49.0 Å². The van der Waals surface area contributed by atoms with Crippen LogP contribution in [0.4, 0.5) is 0 Å². The quantitative estimate of drug-likeness (QED) is 0.528. The third-order valence-electron chi connectivity index (χ3n) is 0.987. The second-order valence-electron chi connectivity index (χ2n) is 3.41. The highest BCUT2D eigenvalue weighted by Crippen LogP contribution is 2.19. The summed E-state index contributed by atoms with van der Waals surface area (Å²) in [6.07, 6.45) is 2.74. The van der Waals surface area contributed by atoms with Crippen molar-refractivity contribution in [3.05, 3.63) is 0 Å². The molecule has 0 radical (unpaired) electrons. The summed E-state index contributed by atoms with van der Waals surface area (Å²) in [7, 11) is 0. The average Bonchev–Trinajstić information content (AvgIpc) is 1.84. The second kappa shape index (κ2) is 8.74. The molecule has 66 valence electrons. The van der Waals surface area contributed by atoms with Crippen LogP contribution in [0.5, 0.6) is 0 Å². The van der Waals surface area contributed by atoms with Crippen LogP contribution in [0.15, 0.2) is 0 Å². The van der Waals surface area contributed by atoms with Crippen molar-refractivity contribution in [1.29, 1.82) is 5.26 Å². The van der Waals surface area contributed by atoms with Crippen LogP contribution in [0.25, 0.3) is 0 Å². The van der Waals surface area contributed by atoms with Gasteiger partial charge in [0.25, 0.3) is 0 Å². The van der Waals surface area contributed by atoms with E-state index in [0.717, 1.165) is 12.6 Å². The van der Waals surface area contributed by atoms with Gasteiger partial charge in [-0.15, -0.1) is 0 Å². The molecule has 0 saturated carbocycles. The molecule has 0 N–H and O–H groups in total. The van der Waals surface area contributed by atoms with Crippen LogP contribution in [-0.4, -0.2) is 6.66 Å². The molecule has 0 aromatic carbocycles. The van der Waals surface area contributed by atoms with Crippen molar-refractivity contribution in [2.45, 2.75) is 33.6 Å². The van der Waals surface area contributed by atoms with Crippen molar-refractivity contribution in [2.24, 2.45) is 5.41 Å². The molecule has 1 nitrogen and oxygen atoms in total. The number of hydrogen-bond acceptors (Lipinski definition) is 1. The van der Waals surface area contributed by atoms with Gasteiger partial charge in [-0.25, -0.2) is 0 Å². The second-order valence-corrected chi connectivity index (χ2v) is 7.02. The van der Waals surface area contributed by atoms with E-state index in [2.05, 4.69) is 55.5 Å². The standard InChI is InChI=1S/C7H13N.CH4IP/c1-7(2,3)5-4-6-8;1-3-2/h4-5H2,1-3H3;3H,1H3. The summed E-state index contributed by atoms with van der Waals surface area (Å²) >= 11 is 2.32. The lowest BCUT2D eigenvalue weighted by Gasteiger charge is -2.14. The number of nitrogens with zero attached hydrogens (tertiary/aromatic N) is 1. The third kappa shape index (κ3) is 25.0. The van der Waals surface area contributed by atoms with E-state index in [4.69, 9.17) is 5.26 Å². The van der Waals surface area contributed by atoms with Crippen molar-refractivity contribution < 1.29 is 0 Å². The van der Waals surface area contributed by atoms with E-state index in [1.165, 1.54) is 0 Å². The van der Waals surface area contributed by atoms with Crippen molar-refractivity contribution in [3.63, 3.8) is 0 Å². The highest BCUT2D eigenvalue weighted by atomic mass is 127. The summed E-state index contributed by atoms with van der Waals surface area (Å²) in [4.78, 5) is 0. The van der Waals surface area contributed by atoms with Crippen LogP contribution in [-0.2, 0) is 0 Å². The summed E-state index contributed by atoms with van der Waals surface area (Å²) in [5, 5.41) is 8.18. The lowest BCUT2D eigenvalue weighted by atomic mass is 9.91. The minimum Gasteiger partial charge on any atom is -0.198 e. The zero-order valence-corrected chi connectivity index (χ0v) is 10.9. The van der Waals surface area contributed by atoms with Crippen LogP contribution >= 0.6 is 28.3 Å². The first kappa shape index (κ1) is 14.2. The van der Waals surface area contributed by atoms with Crippen LogP contribution < -0.4 is 0 Å². The van der Waals surface area contributed by atoms with E-state index >= 15 is 0 Å². The van der Waals surface area contributed by atoms with Crippen LogP contribution in [0, 0.1) is 16.7 Å². The van der Waals surface area contributed by atoms with Crippen molar-refractivity contribution in [3.8, 4) is 6.07 Å². The Morgan fingerprint density at radius 2 is 1.82 bits per heavy atom. The van der Waals surface area contributed by atoms with Gasteiger partial charge in [-0.05, 0) is 18.5 Å². The van der Waals surface area contributed by atoms with E-state index in [-0.39, 0.29) is 0 Å². The maximum Gasteiger partial charge on any atom is 0.0621 e. The van der Waals surface area contributed by atoms with Gasteiger partial charge >= 0.3 is 0 Å². The maximum absolute atomic E-state index is 8.18. The molecule has 1 unspecified atom stereocenters. The number of nitriles is 1. The highest BCUT2D eigenvalue weighted by molar-refractivity contribution is 14.2. The maximum atomic E-state index is 8.18. The SMILES string of the molecule is CC(C)(C)CCC#N.CPI. The molecule has 0 aromatic rings. The molecule has 0 heterocycles.